The van der Waals surface area contributed by atoms with E-state index in [2.05, 4.69) is 0 Å². The van der Waals surface area contributed by atoms with E-state index in [-0.39, 0.29) is 12.3 Å². The topological polar surface area (TPSA) is 35.2 Å². The third-order valence-corrected chi connectivity index (χ3v) is 3.08. The molecule has 21 heavy (non-hydrogen) atoms. The van der Waals surface area contributed by atoms with Gasteiger partial charge >= 0.3 is 0 Å². The SMILES string of the molecule is NC/C(=C\F)Cc1ccc(OCc2ccccc2)c(F)c1. The minimum absolute atomic E-state index is 0.115. The second kappa shape index (κ2) is 7.55. The molecule has 0 bridgehead atoms. The molecule has 0 aromatic heterocycles. The van der Waals surface area contributed by atoms with E-state index in [0.717, 1.165) is 5.56 Å². The normalized spacial score (nSPS) is 11.5. The van der Waals surface area contributed by atoms with Crippen LogP contribution in [0.25, 0.3) is 0 Å². The lowest BCUT2D eigenvalue weighted by Crippen LogP contribution is -2.05. The summed E-state index contributed by atoms with van der Waals surface area (Å²) < 4.78 is 31.9. The summed E-state index contributed by atoms with van der Waals surface area (Å²) in [4.78, 5) is 0. The van der Waals surface area contributed by atoms with E-state index < -0.39 is 5.82 Å². The third-order valence-electron chi connectivity index (χ3n) is 3.08. The van der Waals surface area contributed by atoms with Gasteiger partial charge in [0.05, 0.1) is 6.33 Å². The van der Waals surface area contributed by atoms with Crippen LogP contribution in [0.1, 0.15) is 11.1 Å². The maximum Gasteiger partial charge on any atom is 0.165 e. The predicted octanol–water partition coefficient (Wildman–Crippen LogP) is 3.76. The molecule has 0 radical (unpaired) electrons. The first kappa shape index (κ1) is 15.2. The van der Waals surface area contributed by atoms with Gasteiger partial charge in [0.25, 0.3) is 0 Å². The first-order chi connectivity index (χ1) is 10.2. The van der Waals surface area contributed by atoms with Crippen LogP contribution < -0.4 is 10.5 Å². The van der Waals surface area contributed by atoms with E-state index in [9.17, 15) is 8.78 Å². The summed E-state index contributed by atoms with van der Waals surface area (Å²) in [5.41, 5.74) is 7.43. The first-order valence-electron chi connectivity index (χ1n) is 6.66. The van der Waals surface area contributed by atoms with Crippen molar-refractivity contribution in [2.24, 2.45) is 5.73 Å². The Kier molecular flexibility index (Phi) is 5.46. The molecule has 0 heterocycles. The zero-order chi connectivity index (χ0) is 15.1. The monoisotopic (exact) mass is 289 g/mol. The van der Waals surface area contributed by atoms with Crippen LogP contribution in [-0.2, 0) is 13.0 Å². The van der Waals surface area contributed by atoms with Gasteiger partial charge in [0.1, 0.15) is 6.61 Å². The highest BCUT2D eigenvalue weighted by Crippen LogP contribution is 2.21. The minimum Gasteiger partial charge on any atom is -0.486 e. The average Bonchev–Trinajstić information content (AvgIpc) is 2.52. The molecule has 2 nitrogen and oxygen atoms in total. The van der Waals surface area contributed by atoms with Gasteiger partial charge in [-0.25, -0.2) is 8.78 Å². The van der Waals surface area contributed by atoms with Gasteiger partial charge in [-0.05, 0) is 35.3 Å². The lowest BCUT2D eigenvalue weighted by Gasteiger charge is -2.09. The minimum atomic E-state index is -0.460. The van der Waals surface area contributed by atoms with E-state index in [1.54, 1.807) is 12.1 Å². The quantitative estimate of drug-likeness (QED) is 0.878. The number of ether oxygens (including phenoxy) is 1. The van der Waals surface area contributed by atoms with Gasteiger partial charge in [-0.3, -0.25) is 0 Å². The second-order valence-corrected chi connectivity index (χ2v) is 4.69. The zero-order valence-electron chi connectivity index (χ0n) is 11.6. The smallest absolute Gasteiger partial charge is 0.165 e. The summed E-state index contributed by atoms with van der Waals surface area (Å²) in [7, 11) is 0. The van der Waals surface area contributed by atoms with E-state index in [1.165, 1.54) is 6.07 Å². The van der Waals surface area contributed by atoms with Crippen molar-refractivity contribution in [1.29, 1.82) is 0 Å². The lowest BCUT2D eigenvalue weighted by atomic mass is 10.1. The number of rotatable bonds is 6. The van der Waals surface area contributed by atoms with Crippen LogP contribution in [0.15, 0.2) is 60.4 Å². The fourth-order valence-electron chi connectivity index (χ4n) is 1.92. The number of hydrogen-bond donors (Lipinski definition) is 1. The van der Waals surface area contributed by atoms with E-state index in [0.29, 0.717) is 30.5 Å². The summed E-state index contributed by atoms with van der Waals surface area (Å²) in [6.07, 6.45) is 0.764. The van der Waals surface area contributed by atoms with E-state index in [4.69, 9.17) is 10.5 Å². The Morgan fingerprint density at radius 3 is 2.48 bits per heavy atom. The molecule has 2 rings (SSSR count). The van der Waals surface area contributed by atoms with Crippen molar-refractivity contribution in [3.05, 3.63) is 77.4 Å². The molecular weight excluding hydrogens is 272 g/mol. The maximum absolute atomic E-state index is 13.9. The molecular formula is C17H17F2NO. The van der Waals surface area contributed by atoms with Crippen LogP contribution in [0.5, 0.6) is 5.75 Å². The van der Waals surface area contributed by atoms with Gasteiger partial charge < -0.3 is 10.5 Å². The lowest BCUT2D eigenvalue weighted by molar-refractivity contribution is 0.290. The molecule has 0 fully saturated rings. The van der Waals surface area contributed by atoms with Gasteiger partial charge in [-0.1, -0.05) is 36.4 Å². The maximum atomic E-state index is 13.9. The molecule has 0 spiro atoms. The number of halogens is 2. The highest BCUT2D eigenvalue weighted by atomic mass is 19.1. The Morgan fingerprint density at radius 2 is 1.86 bits per heavy atom. The first-order valence-corrected chi connectivity index (χ1v) is 6.66. The Morgan fingerprint density at radius 1 is 1.10 bits per heavy atom. The fourth-order valence-corrected chi connectivity index (χ4v) is 1.92. The molecule has 0 aliphatic carbocycles. The van der Waals surface area contributed by atoms with Crippen LogP contribution in [-0.4, -0.2) is 6.54 Å². The Hall–Kier alpha value is -2.20. The number of hydrogen-bond acceptors (Lipinski definition) is 2. The summed E-state index contributed by atoms with van der Waals surface area (Å²) in [5.74, 6) is -0.278. The van der Waals surface area contributed by atoms with Gasteiger partial charge in [0.15, 0.2) is 11.6 Å². The Labute approximate surface area is 122 Å². The zero-order valence-corrected chi connectivity index (χ0v) is 11.6. The molecule has 0 aliphatic rings. The van der Waals surface area contributed by atoms with Gasteiger partial charge in [0.2, 0.25) is 0 Å². The van der Waals surface area contributed by atoms with E-state index in [1.807, 2.05) is 30.3 Å². The highest BCUT2D eigenvalue weighted by Gasteiger charge is 2.06. The number of nitrogens with two attached hydrogens (primary N) is 1. The molecule has 0 unspecified atom stereocenters. The standard InChI is InChI=1S/C17H17F2NO/c18-10-15(11-20)8-14-6-7-17(16(19)9-14)21-12-13-4-2-1-3-5-13/h1-7,9-10H,8,11-12,20H2/b15-10-. The highest BCUT2D eigenvalue weighted by molar-refractivity contribution is 5.32. The summed E-state index contributed by atoms with van der Waals surface area (Å²) in [6, 6.07) is 14.1. The molecule has 110 valence electrons. The molecule has 2 N–H and O–H groups in total. The largest absolute Gasteiger partial charge is 0.486 e. The summed E-state index contributed by atoms with van der Waals surface area (Å²) in [6.45, 7) is 0.417. The Balaban J connectivity index is 2.02. The summed E-state index contributed by atoms with van der Waals surface area (Å²) >= 11 is 0. The second-order valence-electron chi connectivity index (χ2n) is 4.69. The van der Waals surface area contributed by atoms with Crippen molar-refractivity contribution >= 4 is 0 Å². The van der Waals surface area contributed by atoms with Crippen molar-refractivity contribution < 1.29 is 13.5 Å². The molecule has 0 aliphatic heterocycles. The fraction of sp³-hybridized carbons (Fsp3) is 0.176. The average molecular weight is 289 g/mol. The predicted molar refractivity (Wildman–Crippen MR) is 79.1 cm³/mol. The van der Waals surface area contributed by atoms with Crippen molar-refractivity contribution in [2.75, 3.05) is 6.54 Å². The van der Waals surface area contributed by atoms with Gasteiger partial charge in [-0.2, -0.15) is 0 Å². The van der Waals surface area contributed by atoms with Crippen molar-refractivity contribution in [2.45, 2.75) is 13.0 Å². The third kappa shape index (κ3) is 4.39. The van der Waals surface area contributed by atoms with Crippen molar-refractivity contribution in [3.8, 4) is 5.75 Å². The summed E-state index contributed by atoms with van der Waals surface area (Å²) in [5, 5.41) is 0. The molecule has 0 saturated carbocycles. The van der Waals surface area contributed by atoms with Gasteiger partial charge in [0, 0.05) is 6.54 Å². The van der Waals surface area contributed by atoms with Crippen LogP contribution in [0.4, 0.5) is 8.78 Å². The van der Waals surface area contributed by atoms with Crippen LogP contribution in [0, 0.1) is 5.82 Å². The molecule has 0 saturated heterocycles. The van der Waals surface area contributed by atoms with E-state index >= 15 is 0 Å². The van der Waals surface area contributed by atoms with Crippen LogP contribution >= 0.6 is 0 Å². The Bertz CT molecular complexity index is 611. The molecule has 0 amide bonds. The van der Waals surface area contributed by atoms with Crippen LogP contribution in [0.2, 0.25) is 0 Å². The van der Waals surface area contributed by atoms with Crippen molar-refractivity contribution in [3.63, 3.8) is 0 Å². The van der Waals surface area contributed by atoms with Crippen molar-refractivity contribution in [1.82, 2.24) is 0 Å². The van der Waals surface area contributed by atoms with Crippen LogP contribution in [0.3, 0.4) is 0 Å². The molecule has 0 atom stereocenters. The molecule has 2 aromatic rings. The molecule has 4 heteroatoms. The molecule has 2 aromatic carbocycles. The van der Waals surface area contributed by atoms with Gasteiger partial charge in [-0.15, -0.1) is 0 Å². The number of benzene rings is 2.